The standard InChI is InChI=1S/C15H25NO3/c1-2-19-14-5-10(6-14)7-15(18)16-11-3-4-12(16)9-13(17)8-11/h10-14,17H,2-9H2,1H3. The molecule has 2 heterocycles. The lowest BCUT2D eigenvalue weighted by molar-refractivity contribution is -0.140. The molecule has 0 aromatic rings. The second kappa shape index (κ2) is 5.41. The topological polar surface area (TPSA) is 49.8 Å². The number of carbonyl (C=O) groups excluding carboxylic acids is 1. The molecule has 2 bridgehead atoms. The molecule has 2 unspecified atom stereocenters. The maximum absolute atomic E-state index is 12.4. The molecule has 3 rings (SSSR count). The highest BCUT2D eigenvalue weighted by Crippen LogP contribution is 2.39. The van der Waals surface area contributed by atoms with E-state index in [0.29, 0.717) is 36.4 Å². The lowest BCUT2D eigenvalue weighted by Crippen LogP contribution is -2.49. The van der Waals surface area contributed by atoms with Gasteiger partial charge in [0.25, 0.3) is 0 Å². The van der Waals surface area contributed by atoms with Gasteiger partial charge in [0.1, 0.15) is 0 Å². The number of nitrogens with zero attached hydrogens (tertiary/aromatic N) is 1. The number of rotatable bonds is 4. The van der Waals surface area contributed by atoms with Crippen LogP contribution in [0.25, 0.3) is 0 Å². The highest BCUT2D eigenvalue weighted by molar-refractivity contribution is 5.77. The number of fused-ring (bicyclic) bond motifs is 2. The molecule has 2 saturated heterocycles. The minimum atomic E-state index is -0.187. The third-order valence-corrected chi connectivity index (χ3v) is 5.05. The lowest BCUT2D eigenvalue weighted by Gasteiger charge is -2.40. The summed E-state index contributed by atoms with van der Waals surface area (Å²) in [6.45, 7) is 2.80. The van der Waals surface area contributed by atoms with Crippen LogP contribution < -0.4 is 0 Å². The Labute approximate surface area is 115 Å². The van der Waals surface area contributed by atoms with Crippen LogP contribution in [0.2, 0.25) is 0 Å². The summed E-state index contributed by atoms with van der Waals surface area (Å²) in [4.78, 5) is 14.5. The Bertz CT molecular complexity index is 326. The van der Waals surface area contributed by atoms with Gasteiger partial charge in [0.2, 0.25) is 5.91 Å². The third-order valence-electron chi connectivity index (χ3n) is 5.05. The first-order valence-electron chi connectivity index (χ1n) is 7.78. The van der Waals surface area contributed by atoms with Gasteiger partial charge in [0.15, 0.2) is 0 Å². The zero-order valence-electron chi connectivity index (χ0n) is 11.8. The third kappa shape index (κ3) is 2.65. The molecule has 2 aliphatic heterocycles. The molecule has 3 aliphatic rings. The number of ether oxygens (including phenoxy) is 1. The van der Waals surface area contributed by atoms with Gasteiger partial charge in [0, 0.05) is 25.1 Å². The highest BCUT2D eigenvalue weighted by atomic mass is 16.5. The Morgan fingerprint density at radius 1 is 1.21 bits per heavy atom. The van der Waals surface area contributed by atoms with Crippen molar-refractivity contribution in [1.29, 1.82) is 0 Å². The summed E-state index contributed by atoms with van der Waals surface area (Å²) in [6.07, 6.45) is 6.72. The lowest BCUT2D eigenvalue weighted by atomic mass is 9.79. The summed E-state index contributed by atoms with van der Waals surface area (Å²) >= 11 is 0. The zero-order chi connectivity index (χ0) is 13.4. The van der Waals surface area contributed by atoms with Crippen molar-refractivity contribution in [2.24, 2.45) is 5.92 Å². The molecule has 1 aliphatic carbocycles. The van der Waals surface area contributed by atoms with Gasteiger partial charge in [-0.3, -0.25) is 4.79 Å². The SMILES string of the molecule is CCOC1CC(CC(=O)N2C3CCC2CC(O)C3)C1. The largest absolute Gasteiger partial charge is 0.393 e. The van der Waals surface area contributed by atoms with Gasteiger partial charge < -0.3 is 14.7 Å². The summed E-state index contributed by atoms with van der Waals surface area (Å²) in [7, 11) is 0. The first kappa shape index (κ1) is 13.4. The van der Waals surface area contributed by atoms with Crippen LogP contribution >= 0.6 is 0 Å². The van der Waals surface area contributed by atoms with E-state index in [9.17, 15) is 9.90 Å². The number of amides is 1. The number of aliphatic hydroxyl groups is 1. The van der Waals surface area contributed by atoms with E-state index in [1.807, 2.05) is 6.92 Å². The Kier molecular flexibility index (Phi) is 3.81. The molecule has 0 aromatic heterocycles. The van der Waals surface area contributed by atoms with Crippen molar-refractivity contribution in [3.8, 4) is 0 Å². The Morgan fingerprint density at radius 2 is 1.84 bits per heavy atom. The second-order valence-electron chi connectivity index (χ2n) is 6.43. The minimum Gasteiger partial charge on any atom is -0.393 e. The second-order valence-corrected chi connectivity index (χ2v) is 6.43. The van der Waals surface area contributed by atoms with E-state index in [0.717, 1.165) is 45.1 Å². The summed E-state index contributed by atoms with van der Waals surface area (Å²) in [5.74, 6) is 0.842. The molecule has 4 heteroatoms. The Balaban J connectivity index is 1.49. The van der Waals surface area contributed by atoms with Gasteiger partial charge >= 0.3 is 0 Å². The predicted molar refractivity (Wildman–Crippen MR) is 71.7 cm³/mol. The number of aliphatic hydroxyl groups excluding tert-OH is 1. The first-order valence-corrected chi connectivity index (χ1v) is 7.78. The summed E-state index contributed by atoms with van der Waals surface area (Å²) in [6, 6.07) is 0.619. The van der Waals surface area contributed by atoms with Crippen molar-refractivity contribution >= 4 is 5.91 Å². The van der Waals surface area contributed by atoms with Gasteiger partial charge in [-0.1, -0.05) is 0 Å². The van der Waals surface area contributed by atoms with E-state index in [1.54, 1.807) is 0 Å². The van der Waals surface area contributed by atoms with Crippen LogP contribution in [-0.4, -0.2) is 46.8 Å². The molecule has 1 saturated carbocycles. The minimum absolute atomic E-state index is 0.187. The van der Waals surface area contributed by atoms with Crippen molar-refractivity contribution in [1.82, 2.24) is 4.90 Å². The Morgan fingerprint density at radius 3 is 2.42 bits per heavy atom. The van der Waals surface area contributed by atoms with Crippen LogP contribution in [0.15, 0.2) is 0 Å². The quantitative estimate of drug-likeness (QED) is 0.843. The van der Waals surface area contributed by atoms with Crippen molar-refractivity contribution in [2.75, 3.05) is 6.61 Å². The molecular weight excluding hydrogens is 242 g/mol. The Hall–Kier alpha value is -0.610. The number of hydrogen-bond acceptors (Lipinski definition) is 3. The van der Waals surface area contributed by atoms with E-state index >= 15 is 0 Å². The van der Waals surface area contributed by atoms with Crippen LogP contribution in [-0.2, 0) is 9.53 Å². The first-order chi connectivity index (χ1) is 9.17. The average molecular weight is 267 g/mol. The fourth-order valence-electron chi connectivity index (χ4n) is 4.12. The van der Waals surface area contributed by atoms with Gasteiger partial charge in [-0.2, -0.15) is 0 Å². The fourth-order valence-corrected chi connectivity index (χ4v) is 4.12. The maximum atomic E-state index is 12.4. The van der Waals surface area contributed by atoms with Crippen LogP contribution in [0, 0.1) is 5.92 Å². The van der Waals surface area contributed by atoms with Crippen molar-refractivity contribution in [3.63, 3.8) is 0 Å². The summed E-state index contributed by atoms with van der Waals surface area (Å²) in [5.41, 5.74) is 0. The monoisotopic (exact) mass is 267 g/mol. The molecule has 19 heavy (non-hydrogen) atoms. The van der Waals surface area contributed by atoms with Crippen LogP contribution in [0.5, 0.6) is 0 Å². The van der Waals surface area contributed by atoms with Gasteiger partial charge in [-0.15, -0.1) is 0 Å². The molecule has 0 aromatic carbocycles. The van der Waals surface area contributed by atoms with Crippen LogP contribution in [0.3, 0.4) is 0 Å². The number of piperidine rings is 1. The molecule has 0 spiro atoms. The molecule has 0 radical (unpaired) electrons. The smallest absolute Gasteiger partial charge is 0.223 e. The van der Waals surface area contributed by atoms with Gasteiger partial charge in [-0.05, 0) is 51.4 Å². The highest BCUT2D eigenvalue weighted by Gasteiger charge is 2.43. The maximum Gasteiger partial charge on any atom is 0.223 e. The fraction of sp³-hybridized carbons (Fsp3) is 0.933. The molecule has 4 nitrogen and oxygen atoms in total. The number of carbonyl (C=O) groups is 1. The zero-order valence-corrected chi connectivity index (χ0v) is 11.8. The summed E-state index contributed by atoms with van der Waals surface area (Å²) < 4.78 is 5.55. The van der Waals surface area contributed by atoms with E-state index in [2.05, 4.69) is 4.90 Å². The molecule has 2 atom stereocenters. The molecular formula is C15H25NO3. The molecule has 3 fully saturated rings. The van der Waals surface area contributed by atoms with Crippen molar-refractivity contribution in [2.45, 2.75) is 76.2 Å². The normalized spacial score (nSPS) is 41.2. The van der Waals surface area contributed by atoms with Gasteiger partial charge in [-0.25, -0.2) is 0 Å². The molecule has 1 N–H and O–H groups in total. The van der Waals surface area contributed by atoms with E-state index in [-0.39, 0.29) is 6.10 Å². The van der Waals surface area contributed by atoms with E-state index in [1.165, 1.54) is 0 Å². The van der Waals surface area contributed by atoms with E-state index < -0.39 is 0 Å². The summed E-state index contributed by atoms with van der Waals surface area (Å²) in [5, 5.41) is 9.77. The molecule has 108 valence electrons. The average Bonchev–Trinajstić information content (AvgIpc) is 2.59. The predicted octanol–water partition coefficient (Wildman–Crippen LogP) is 1.71. The van der Waals surface area contributed by atoms with Gasteiger partial charge in [0.05, 0.1) is 12.2 Å². The van der Waals surface area contributed by atoms with Crippen LogP contribution in [0.4, 0.5) is 0 Å². The van der Waals surface area contributed by atoms with Crippen molar-refractivity contribution in [3.05, 3.63) is 0 Å². The van der Waals surface area contributed by atoms with Crippen molar-refractivity contribution < 1.29 is 14.6 Å². The van der Waals surface area contributed by atoms with Crippen LogP contribution in [0.1, 0.15) is 51.9 Å². The molecule has 1 amide bonds. The van der Waals surface area contributed by atoms with E-state index in [4.69, 9.17) is 4.74 Å². The number of hydrogen-bond donors (Lipinski definition) is 1.